The quantitative estimate of drug-likeness (QED) is 0.751. The van der Waals surface area contributed by atoms with Crippen molar-refractivity contribution in [2.75, 3.05) is 39.4 Å². The lowest BCUT2D eigenvalue weighted by Crippen LogP contribution is -2.49. The lowest BCUT2D eigenvalue weighted by atomic mass is 9.84. The van der Waals surface area contributed by atoms with Gasteiger partial charge in [-0.25, -0.2) is 8.42 Å². The topological polar surface area (TPSA) is 66.9 Å². The van der Waals surface area contributed by atoms with Crippen LogP contribution in [0.25, 0.3) is 0 Å². The van der Waals surface area contributed by atoms with Gasteiger partial charge in [-0.2, -0.15) is 4.31 Å². The van der Waals surface area contributed by atoms with Crippen LogP contribution in [-0.4, -0.2) is 62.9 Å². The number of morpholine rings is 1. The summed E-state index contributed by atoms with van der Waals surface area (Å²) < 4.78 is 33.2. The molecule has 1 amide bonds. The van der Waals surface area contributed by atoms with E-state index in [0.29, 0.717) is 43.7 Å². The van der Waals surface area contributed by atoms with E-state index >= 15 is 0 Å². The second-order valence-electron chi connectivity index (χ2n) is 8.54. The number of benzene rings is 1. The van der Waals surface area contributed by atoms with E-state index in [-0.39, 0.29) is 18.4 Å². The summed E-state index contributed by atoms with van der Waals surface area (Å²) in [4.78, 5) is 15.0. The lowest BCUT2D eigenvalue weighted by molar-refractivity contribution is -0.140. The average molecular weight is 421 g/mol. The van der Waals surface area contributed by atoms with Gasteiger partial charge < -0.3 is 9.64 Å². The van der Waals surface area contributed by atoms with Gasteiger partial charge in [-0.15, -0.1) is 0 Å². The van der Waals surface area contributed by atoms with Crippen LogP contribution in [-0.2, 0) is 19.6 Å². The molecule has 3 fully saturated rings. The van der Waals surface area contributed by atoms with E-state index in [9.17, 15) is 13.2 Å². The van der Waals surface area contributed by atoms with E-state index in [1.807, 2.05) is 17.0 Å². The van der Waals surface area contributed by atoms with Crippen LogP contribution in [0.15, 0.2) is 29.2 Å². The molecule has 1 aromatic rings. The van der Waals surface area contributed by atoms with Gasteiger partial charge in [0.2, 0.25) is 15.9 Å². The Morgan fingerprint density at radius 1 is 0.897 bits per heavy atom. The molecule has 0 spiro atoms. The van der Waals surface area contributed by atoms with Crippen molar-refractivity contribution in [3.63, 3.8) is 0 Å². The van der Waals surface area contributed by atoms with Crippen molar-refractivity contribution in [3.8, 4) is 0 Å². The largest absolute Gasteiger partial charge is 0.378 e. The predicted molar refractivity (Wildman–Crippen MR) is 111 cm³/mol. The fourth-order valence-corrected chi connectivity index (χ4v) is 6.43. The van der Waals surface area contributed by atoms with Gasteiger partial charge >= 0.3 is 0 Å². The van der Waals surface area contributed by atoms with Crippen LogP contribution >= 0.6 is 0 Å². The number of hydrogen-bond donors (Lipinski definition) is 0. The number of sulfonamides is 1. The Balaban J connectivity index is 1.44. The molecule has 1 atom stereocenters. The molecule has 4 rings (SSSR count). The first-order valence-corrected chi connectivity index (χ1v) is 12.5. The lowest BCUT2D eigenvalue weighted by Gasteiger charge is -2.35. The summed E-state index contributed by atoms with van der Waals surface area (Å²) >= 11 is 0. The molecule has 29 heavy (non-hydrogen) atoms. The molecule has 7 heteroatoms. The zero-order valence-corrected chi connectivity index (χ0v) is 17.9. The van der Waals surface area contributed by atoms with Crippen LogP contribution in [0.2, 0.25) is 0 Å². The zero-order chi connectivity index (χ0) is 20.3. The third-order valence-corrected chi connectivity index (χ3v) is 8.53. The molecular weight excluding hydrogens is 388 g/mol. The third-order valence-electron chi connectivity index (χ3n) is 6.65. The summed E-state index contributed by atoms with van der Waals surface area (Å²) in [7, 11) is -3.57. The molecule has 0 aromatic heterocycles. The van der Waals surface area contributed by atoms with E-state index in [1.54, 1.807) is 12.1 Å². The van der Waals surface area contributed by atoms with E-state index in [1.165, 1.54) is 42.0 Å². The smallest absolute Gasteiger partial charge is 0.243 e. The number of nitrogens with zero attached hydrogens (tertiary/aromatic N) is 2. The van der Waals surface area contributed by atoms with E-state index in [2.05, 4.69) is 0 Å². The molecule has 6 nitrogen and oxygen atoms in total. The van der Waals surface area contributed by atoms with Crippen LogP contribution < -0.4 is 0 Å². The summed E-state index contributed by atoms with van der Waals surface area (Å²) in [6.07, 6.45) is 7.70. The number of piperidine rings is 1. The highest BCUT2D eigenvalue weighted by Gasteiger charge is 2.35. The fraction of sp³-hybridized carbons (Fsp3) is 0.682. The first-order valence-electron chi connectivity index (χ1n) is 11.0. The second-order valence-corrected chi connectivity index (χ2v) is 10.5. The number of carbonyl (C=O) groups excluding carboxylic acids is 1. The zero-order valence-electron chi connectivity index (χ0n) is 17.1. The van der Waals surface area contributed by atoms with Crippen LogP contribution in [0.5, 0.6) is 0 Å². The summed E-state index contributed by atoms with van der Waals surface area (Å²) in [6, 6.07) is 7.49. The van der Waals surface area contributed by atoms with Crippen molar-refractivity contribution >= 4 is 15.9 Å². The number of rotatable bonds is 4. The average Bonchev–Trinajstić information content (AvgIpc) is 2.80. The highest BCUT2D eigenvalue weighted by atomic mass is 32.2. The third kappa shape index (κ3) is 4.67. The van der Waals surface area contributed by atoms with Gasteiger partial charge in [0.05, 0.1) is 24.0 Å². The Morgan fingerprint density at radius 2 is 1.59 bits per heavy atom. The highest BCUT2D eigenvalue weighted by Crippen LogP contribution is 2.33. The molecule has 160 valence electrons. The molecule has 1 saturated carbocycles. The number of carbonyl (C=O) groups is 1. The van der Waals surface area contributed by atoms with Crippen molar-refractivity contribution in [2.45, 2.75) is 55.8 Å². The predicted octanol–water partition coefficient (Wildman–Crippen LogP) is 2.99. The molecule has 2 heterocycles. The maximum Gasteiger partial charge on any atom is 0.243 e. The molecule has 3 aliphatic rings. The Bertz CT molecular complexity index is 797. The SMILES string of the molecule is O=C(C1CCCN(S(=O)(=O)c2ccc(C3CCCCC3)cc2)C1)N1CCOCC1. The maximum absolute atomic E-state index is 13.2. The Morgan fingerprint density at radius 3 is 2.28 bits per heavy atom. The highest BCUT2D eigenvalue weighted by molar-refractivity contribution is 7.89. The van der Waals surface area contributed by atoms with Gasteiger partial charge in [0.25, 0.3) is 0 Å². The van der Waals surface area contributed by atoms with Gasteiger partial charge in [-0.3, -0.25) is 4.79 Å². The summed E-state index contributed by atoms with van der Waals surface area (Å²) in [5, 5.41) is 0. The van der Waals surface area contributed by atoms with Crippen molar-refractivity contribution in [3.05, 3.63) is 29.8 Å². The van der Waals surface area contributed by atoms with Gasteiger partial charge in [0, 0.05) is 26.2 Å². The minimum atomic E-state index is -3.57. The Labute approximate surface area is 174 Å². The van der Waals surface area contributed by atoms with Crippen LogP contribution in [0.1, 0.15) is 56.4 Å². The second kappa shape index (κ2) is 9.14. The van der Waals surface area contributed by atoms with Gasteiger partial charge in [-0.1, -0.05) is 31.4 Å². The molecule has 0 N–H and O–H groups in total. The Hall–Kier alpha value is -1.44. The van der Waals surface area contributed by atoms with Crippen molar-refractivity contribution in [1.29, 1.82) is 0 Å². The molecule has 0 bridgehead atoms. The van der Waals surface area contributed by atoms with Crippen LogP contribution in [0, 0.1) is 5.92 Å². The number of amides is 1. The molecule has 2 saturated heterocycles. The van der Waals surface area contributed by atoms with E-state index < -0.39 is 10.0 Å². The fourth-order valence-electron chi connectivity index (χ4n) is 4.90. The van der Waals surface area contributed by atoms with E-state index in [0.717, 1.165) is 12.8 Å². The molecule has 1 unspecified atom stereocenters. The first kappa shape index (κ1) is 20.8. The van der Waals surface area contributed by atoms with E-state index in [4.69, 9.17) is 4.74 Å². The first-order chi connectivity index (χ1) is 14.1. The van der Waals surface area contributed by atoms with Crippen LogP contribution in [0.3, 0.4) is 0 Å². The minimum Gasteiger partial charge on any atom is -0.378 e. The normalized spacial score (nSPS) is 25.1. The monoisotopic (exact) mass is 420 g/mol. The molecular formula is C22H32N2O4S. The Kier molecular flexibility index (Phi) is 6.56. The molecule has 2 aliphatic heterocycles. The molecule has 1 aromatic carbocycles. The van der Waals surface area contributed by atoms with Crippen molar-refractivity contribution in [2.24, 2.45) is 5.92 Å². The summed E-state index contributed by atoms with van der Waals surface area (Å²) in [5.41, 5.74) is 1.25. The van der Waals surface area contributed by atoms with Crippen molar-refractivity contribution in [1.82, 2.24) is 9.21 Å². The van der Waals surface area contributed by atoms with Crippen LogP contribution in [0.4, 0.5) is 0 Å². The summed E-state index contributed by atoms with van der Waals surface area (Å²) in [5.74, 6) is 0.380. The maximum atomic E-state index is 13.2. The minimum absolute atomic E-state index is 0.0702. The molecule has 0 radical (unpaired) electrons. The van der Waals surface area contributed by atoms with Gasteiger partial charge in [0.15, 0.2) is 0 Å². The number of ether oxygens (including phenoxy) is 1. The standard InChI is InChI=1S/C22H32N2O4S/c25-22(23-13-15-28-16-14-23)20-7-4-12-24(17-20)29(26,27)21-10-8-19(9-11-21)18-5-2-1-3-6-18/h8-11,18,20H,1-7,12-17H2. The van der Waals surface area contributed by atoms with Crippen molar-refractivity contribution < 1.29 is 17.9 Å². The molecule has 1 aliphatic carbocycles. The van der Waals surface area contributed by atoms with Gasteiger partial charge in [-0.05, 0) is 49.3 Å². The number of hydrogen-bond acceptors (Lipinski definition) is 4. The van der Waals surface area contributed by atoms with Gasteiger partial charge in [0.1, 0.15) is 0 Å². The summed E-state index contributed by atoms with van der Waals surface area (Å²) in [6.45, 7) is 3.10.